The molecule has 1 aromatic rings. The number of rotatable bonds is 4. The van der Waals surface area contributed by atoms with Gasteiger partial charge in [-0.1, -0.05) is 29.8 Å². The van der Waals surface area contributed by atoms with E-state index in [1.807, 2.05) is 13.8 Å². The SMILES string of the molecule is Cc1ccc(C23C[C@@H]4C[C@@H](CC(C(=O)NC(C)(C)CO)(C4)C2)C3)cc1. The molecule has 3 heteroatoms. The van der Waals surface area contributed by atoms with Crippen molar-refractivity contribution in [3.05, 3.63) is 35.4 Å². The molecule has 0 heterocycles. The fourth-order valence-corrected chi connectivity index (χ4v) is 6.25. The van der Waals surface area contributed by atoms with Gasteiger partial charge in [0.05, 0.1) is 17.6 Å². The van der Waals surface area contributed by atoms with Crippen LogP contribution >= 0.6 is 0 Å². The minimum atomic E-state index is -0.544. The molecule has 136 valence electrons. The first-order valence-corrected chi connectivity index (χ1v) is 9.77. The third-order valence-corrected chi connectivity index (χ3v) is 7.05. The van der Waals surface area contributed by atoms with Crippen molar-refractivity contribution in [1.29, 1.82) is 0 Å². The number of hydrogen-bond donors (Lipinski definition) is 2. The molecule has 0 saturated heterocycles. The van der Waals surface area contributed by atoms with Crippen LogP contribution in [0.4, 0.5) is 0 Å². The van der Waals surface area contributed by atoms with Gasteiger partial charge in [0, 0.05) is 0 Å². The molecule has 4 atom stereocenters. The fourth-order valence-electron chi connectivity index (χ4n) is 6.25. The Balaban J connectivity index is 1.67. The van der Waals surface area contributed by atoms with E-state index in [1.54, 1.807) is 0 Å². The summed E-state index contributed by atoms with van der Waals surface area (Å²) in [6.07, 6.45) is 6.82. The molecule has 25 heavy (non-hydrogen) atoms. The molecule has 4 aliphatic carbocycles. The van der Waals surface area contributed by atoms with E-state index in [2.05, 4.69) is 36.5 Å². The Kier molecular flexibility index (Phi) is 3.81. The number of carbonyl (C=O) groups excluding carboxylic acids is 1. The van der Waals surface area contributed by atoms with Crippen LogP contribution in [0.5, 0.6) is 0 Å². The smallest absolute Gasteiger partial charge is 0.226 e. The predicted octanol–water partition coefficient (Wildman–Crippen LogP) is 3.72. The summed E-state index contributed by atoms with van der Waals surface area (Å²) in [6.45, 7) is 5.92. The van der Waals surface area contributed by atoms with Crippen molar-refractivity contribution in [1.82, 2.24) is 5.32 Å². The summed E-state index contributed by atoms with van der Waals surface area (Å²) in [5, 5.41) is 12.7. The van der Waals surface area contributed by atoms with Crippen LogP contribution in [0.1, 0.15) is 63.5 Å². The van der Waals surface area contributed by atoms with Gasteiger partial charge in [0.2, 0.25) is 5.91 Å². The highest BCUT2D eigenvalue weighted by atomic mass is 16.3. The quantitative estimate of drug-likeness (QED) is 0.877. The normalized spacial score (nSPS) is 36.5. The molecule has 4 bridgehead atoms. The Bertz CT molecular complexity index is 662. The minimum Gasteiger partial charge on any atom is -0.394 e. The number of aliphatic hydroxyl groups is 1. The number of amides is 1. The highest BCUT2D eigenvalue weighted by molar-refractivity contribution is 5.84. The summed E-state index contributed by atoms with van der Waals surface area (Å²) in [7, 11) is 0. The van der Waals surface area contributed by atoms with Gasteiger partial charge in [0.1, 0.15) is 0 Å². The van der Waals surface area contributed by atoms with Crippen LogP contribution in [0.25, 0.3) is 0 Å². The summed E-state index contributed by atoms with van der Waals surface area (Å²) >= 11 is 0. The van der Waals surface area contributed by atoms with Crippen LogP contribution in [0, 0.1) is 24.2 Å². The third-order valence-electron chi connectivity index (χ3n) is 7.05. The molecular weight excluding hydrogens is 310 g/mol. The van der Waals surface area contributed by atoms with Crippen molar-refractivity contribution < 1.29 is 9.90 Å². The van der Waals surface area contributed by atoms with E-state index in [-0.39, 0.29) is 23.3 Å². The molecule has 1 aromatic carbocycles. The van der Waals surface area contributed by atoms with Gasteiger partial charge in [-0.05, 0) is 82.1 Å². The molecule has 4 fully saturated rings. The van der Waals surface area contributed by atoms with E-state index in [4.69, 9.17) is 0 Å². The second-order valence-corrected chi connectivity index (χ2v) is 9.88. The average molecular weight is 341 g/mol. The Hall–Kier alpha value is -1.35. The first-order valence-electron chi connectivity index (χ1n) is 9.77. The Labute approximate surface area is 151 Å². The van der Waals surface area contributed by atoms with Gasteiger partial charge in [-0.15, -0.1) is 0 Å². The number of benzene rings is 1. The van der Waals surface area contributed by atoms with Crippen LogP contribution in [0.15, 0.2) is 24.3 Å². The standard InChI is InChI=1S/C22H31NO2/c1-15-4-6-18(7-5-15)21-9-16-8-17(10-21)12-22(11-16,13-21)19(25)23-20(2,3)14-24/h4-7,16-17,24H,8-14H2,1-3H3,(H,23,25)/t16-,17+,21?,22?. The molecule has 2 N–H and O–H groups in total. The number of hydrogen-bond acceptors (Lipinski definition) is 2. The molecule has 2 unspecified atom stereocenters. The maximum atomic E-state index is 13.3. The Morgan fingerprint density at radius 1 is 1.16 bits per heavy atom. The molecule has 5 rings (SSSR count). The summed E-state index contributed by atoms with van der Waals surface area (Å²) in [6, 6.07) is 9.03. The first-order chi connectivity index (χ1) is 11.8. The van der Waals surface area contributed by atoms with E-state index < -0.39 is 5.54 Å². The lowest BCUT2D eigenvalue weighted by molar-refractivity contribution is -0.151. The minimum absolute atomic E-state index is 0.0230. The van der Waals surface area contributed by atoms with Crippen molar-refractivity contribution >= 4 is 5.91 Å². The van der Waals surface area contributed by atoms with Gasteiger partial charge in [-0.25, -0.2) is 0 Å². The second kappa shape index (κ2) is 5.57. The lowest BCUT2D eigenvalue weighted by atomic mass is 9.42. The van der Waals surface area contributed by atoms with Gasteiger partial charge in [0.15, 0.2) is 0 Å². The highest BCUT2D eigenvalue weighted by Gasteiger charge is 2.61. The molecule has 1 amide bonds. The summed E-state index contributed by atoms with van der Waals surface area (Å²) in [5.41, 5.74) is 2.13. The summed E-state index contributed by atoms with van der Waals surface area (Å²) in [5.74, 6) is 1.52. The predicted molar refractivity (Wildman–Crippen MR) is 99.3 cm³/mol. The monoisotopic (exact) mass is 341 g/mol. The van der Waals surface area contributed by atoms with Crippen LogP contribution < -0.4 is 5.32 Å². The van der Waals surface area contributed by atoms with Crippen LogP contribution in [-0.2, 0) is 10.2 Å². The zero-order chi connectivity index (χ0) is 17.9. The van der Waals surface area contributed by atoms with Crippen molar-refractivity contribution in [2.45, 2.75) is 70.3 Å². The number of aliphatic hydroxyl groups excluding tert-OH is 1. The number of aryl methyl sites for hydroxylation is 1. The molecule has 4 aliphatic rings. The molecular formula is C22H31NO2. The van der Waals surface area contributed by atoms with Crippen molar-refractivity contribution in [3.8, 4) is 0 Å². The van der Waals surface area contributed by atoms with E-state index in [0.29, 0.717) is 11.8 Å². The van der Waals surface area contributed by atoms with Gasteiger partial charge in [0.25, 0.3) is 0 Å². The van der Waals surface area contributed by atoms with Crippen LogP contribution in [0.3, 0.4) is 0 Å². The molecule has 0 spiro atoms. The number of nitrogens with one attached hydrogen (secondary N) is 1. The highest BCUT2D eigenvalue weighted by Crippen LogP contribution is 2.65. The maximum Gasteiger partial charge on any atom is 0.226 e. The summed E-state index contributed by atoms with van der Waals surface area (Å²) in [4.78, 5) is 13.3. The van der Waals surface area contributed by atoms with E-state index in [0.717, 1.165) is 19.3 Å². The topological polar surface area (TPSA) is 49.3 Å². The lowest BCUT2D eigenvalue weighted by Gasteiger charge is -2.62. The van der Waals surface area contributed by atoms with Gasteiger partial charge < -0.3 is 10.4 Å². The first kappa shape index (κ1) is 17.1. The van der Waals surface area contributed by atoms with Gasteiger partial charge in [-0.2, -0.15) is 0 Å². The average Bonchev–Trinajstić information content (AvgIpc) is 2.53. The Morgan fingerprint density at radius 3 is 2.32 bits per heavy atom. The van der Waals surface area contributed by atoms with Crippen LogP contribution in [0.2, 0.25) is 0 Å². The third kappa shape index (κ3) is 2.81. The van der Waals surface area contributed by atoms with Crippen molar-refractivity contribution in [2.75, 3.05) is 6.61 Å². The Morgan fingerprint density at radius 2 is 1.76 bits per heavy atom. The fraction of sp³-hybridized carbons (Fsp3) is 0.682. The number of carbonyl (C=O) groups is 1. The maximum absolute atomic E-state index is 13.3. The van der Waals surface area contributed by atoms with E-state index in [1.165, 1.54) is 30.4 Å². The van der Waals surface area contributed by atoms with Crippen LogP contribution in [-0.4, -0.2) is 23.2 Å². The van der Waals surface area contributed by atoms with Crippen molar-refractivity contribution in [3.63, 3.8) is 0 Å². The molecule has 0 aromatic heterocycles. The van der Waals surface area contributed by atoms with Crippen molar-refractivity contribution in [2.24, 2.45) is 17.3 Å². The van der Waals surface area contributed by atoms with E-state index >= 15 is 0 Å². The zero-order valence-electron chi connectivity index (χ0n) is 15.8. The van der Waals surface area contributed by atoms with E-state index in [9.17, 15) is 9.90 Å². The molecule has 3 nitrogen and oxygen atoms in total. The van der Waals surface area contributed by atoms with Gasteiger partial charge in [-0.3, -0.25) is 4.79 Å². The second-order valence-electron chi connectivity index (χ2n) is 9.88. The molecule has 0 radical (unpaired) electrons. The molecule has 0 aliphatic heterocycles. The lowest BCUT2D eigenvalue weighted by Crippen LogP contribution is -2.61. The van der Waals surface area contributed by atoms with Gasteiger partial charge >= 0.3 is 0 Å². The summed E-state index contributed by atoms with van der Waals surface area (Å²) < 4.78 is 0. The zero-order valence-corrected chi connectivity index (χ0v) is 15.8. The molecule has 4 saturated carbocycles. The largest absolute Gasteiger partial charge is 0.394 e.